The highest BCUT2D eigenvalue weighted by molar-refractivity contribution is 7.09. The van der Waals surface area contributed by atoms with Crippen molar-refractivity contribution in [2.75, 3.05) is 40.4 Å². The van der Waals surface area contributed by atoms with Gasteiger partial charge in [-0.3, -0.25) is 0 Å². The predicted molar refractivity (Wildman–Crippen MR) is 101 cm³/mol. The van der Waals surface area contributed by atoms with Gasteiger partial charge in [-0.25, -0.2) is 0 Å². The molecule has 1 aliphatic rings. The summed E-state index contributed by atoms with van der Waals surface area (Å²) in [6.07, 6.45) is 0.258. The van der Waals surface area contributed by atoms with Crippen LogP contribution in [0.1, 0.15) is 10.4 Å². The van der Waals surface area contributed by atoms with Crippen LogP contribution >= 0.6 is 11.3 Å². The van der Waals surface area contributed by atoms with E-state index < -0.39 is 0 Å². The summed E-state index contributed by atoms with van der Waals surface area (Å²) in [7, 11) is 3.81. The number of hydrogen-bond donors (Lipinski definition) is 1. The number of nitrogens with zero attached hydrogens (tertiary/aromatic N) is 1. The SMILES string of the molecule is COc1cc(CNC[C@H]2CN(C)CCO2)ccc1OCc1cccs1. The molecular weight excluding hydrogens is 336 g/mol. The monoisotopic (exact) mass is 362 g/mol. The third-order valence-corrected chi connectivity index (χ3v) is 5.07. The molecule has 5 nitrogen and oxygen atoms in total. The summed E-state index contributed by atoms with van der Waals surface area (Å²) in [5, 5.41) is 5.52. The van der Waals surface area contributed by atoms with Crippen LogP contribution in [0.4, 0.5) is 0 Å². The Morgan fingerprint density at radius 2 is 2.24 bits per heavy atom. The highest BCUT2D eigenvalue weighted by Crippen LogP contribution is 2.29. The summed E-state index contributed by atoms with van der Waals surface area (Å²) in [5.74, 6) is 1.54. The molecule has 6 heteroatoms. The van der Waals surface area contributed by atoms with Gasteiger partial charge in [0.05, 0.1) is 19.8 Å². The van der Waals surface area contributed by atoms with Crippen molar-refractivity contribution >= 4 is 11.3 Å². The van der Waals surface area contributed by atoms with Gasteiger partial charge in [0.15, 0.2) is 11.5 Å². The number of thiophene rings is 1. The Labute approximate surface area is 153 Å². The number of benzene rings is 1. The largest absolute Gasteiger partial charge is 0.493 e. The van der Waals surface area contributed by atoms with E-state index in [9.17, 15) is 0 Å². The fraction of sp³-hybridized carbons (Fsp3) is 0.474. The molecule has 0 spiro atoms. The lowest BCUT2D eigenvalue weighted by molar-refractivity contribution is -0.0182. The van der Waals surface area contributed by atoms with Crippen LogP contribution in [0.5, 0.6) is 11.5 Å². The molecule has 2 heterocycles. The Balaban J connectivity index is 1.50. The van der Waals surface area contributed by atoms with E-state index in [1.807, 2.05) is 18.2 Å². The molecular formula is C19H26N2O3S. The second-order valence-electron chi connectivity index (χ2n) is 6.24. The molecule has 0 radical (unpaired) electrons. The van der Waals surface area contributed by atoms with Gasteiger partial charge in [-0.2, -0.15) is 0 Å². The summed E-state index contributed by atoms with van der Waals surface area (Å²) in [6, 6.07) is 10.2. The molecule has 1 N–H and O–H groups in total. The van der Waals surface area contributed by atoms with Crippen LogP contribution in [-0.2, 0) is 17.9 Å². The van der Waals surface area contributed by atoms with Crippen LogP contribution < -0.4 is 14.8 Å². The van der Waals surface area contributed by atoms with E-state index in [0.29, 0.717) is 6.61 Å². The van der Waals surface area contributed by atoms with Crippen LogP contribution in [0.2, 0.25) is 0 Å². The zero-order valence-corrected chi connectivity index (χ0v) is 15.7. The van der Waals surface area contributed by atoms with Crippen molar-refractivity contribution < 1.29 is 14.2 Å². The van der Waals surface area contributed by atoms with Crippen molar-refractivity contribution in [2.45, 2.75) is 19.3 Å². The Kier molecular flexibility index (Phi) is 6.69. The van der Waals surface area contributed by atoms with Gasteiger partial charge in [-0.15, -0.1) is 11.3 Å². The van der Waals surface area contributed by atoms with Crippen LogP contribution in [0.25, 0.3) is 0 Å². The lowest BCUT2D eigenvalue weighted by Crippen LogP contribution is -2.44. The van der Waals surface area contributed by atoms with Crippen molar-refractivity contribution in [3.8, 4) is 11.5 Å². The van der Waals surface area contributed by atoms with E-state index in [1.54, 1.807) is 18.4 Å². The highest BCUT2D eigenvalue weighted by atomic mass is 32.1. The van der Waals surface area contributed by atoms with Gasteiger partial charge in [0.2, 0.25) is 0 Å². The summed E-state index contributed by atoms with van der Waals surface area (Å²) in [4.78, 5) is 3.50. The average molecular weight is 362 g/mol. The van der Waals surface area contributed by atoms with Crippen molar-refractivity contribution in [3.05, 3.63) is 46.2 Å². The molecule has 3 rings (SSSR count). The Morgan fingerprint density at radius 3 is 3.00 bits per heavy atom. The highest BCUT2D eigenvalue weighted by Gasteiger charge is 2.17. The smallest absolute Gasteiger partial charge is 0.161 e. The zero-order chi connectivity index (χ0) is 17.5. The molecule has 2 aromatic rings. The molecule has 1 aromatic carbocycles. The molecule has 1 aromatic heterocycles. The minimum Gasteiger partial charge on any atom is -0.493 e. The third-order valence-electron chi connectivity index (χ3n) is 4.22. The van der Waals surface area contributed by atoms with E-state index in [1.165, 1.54) is 10.4 Å². The Hall–Kier alpha value is -1.60. The number of ether oxygens (including phenoxy) is 3. The fourth-order valence-electron chi connectivity index (χ4n) is 2.85. The average Bonchev–Trinajstić information content (AvgIpc) is 3.14. The zero-order valence-electron chi connectivity index (χ0n) is 14.9. The minimum atomic E-state index is 0.258. The molecule has 1 aliphatic heterocycles. The minimum absolute atomic E-state index is 0.258. The third kappa shape index (κ3) is 5.44. The van der Waals surface area contributed by atoms with Crippen molar-refractivity contribution in [1.82, 2.24) is 10.2 Å². The molecule has 0 unspecified atom stereocenters. The summed E-state index contributed by atoms with van der Waals surface area (Å²) >= 11 is 1.69. The second kappa shape index (κ2) is 9.20. The van der Waals surface area contributed by atoms with E-state index >= 15 is 0 Å². The van der Waals surface area contributed by atoms with E-state index in [4.69, 9.17) is 14.2 Å². The molecule has 0 saturated carbocycles. The van der Waals surface area contributed by atoms with Crippen molar-refractivity contribution in [1.29, 1.82) is 0 Å². The molecule has 136 valence electrons. The first-order valence-electron chi connectivity index (χ1n) is 8.57. The summed E-state index contributed by atoms with van der Waals surface area (Å²) < 4.78 is 17.1. The molecule has 25 heavy (non-hydrogen) atoms. The molecule has 0 bridgehead atoms. The van der Waals surface area contributed by atoms with Gasteiger partial charge in [-0.1, -0.05) is 12.1 Å². The van der Waals surface area contributed by atoms with Gasteiger partial charge in [0, 0.05) is 31.1 Å². The topological polar surface area (TPSA) is 43.0 Å². The number of methoxy groups -OCH3 is 1. The van der Waals surface area contributed by atoms with Gasteiger partial charge in [0.1, 0.15) is 6.61 Å². The van der Waals surface area contributed by atoms with E-state index in [2.05, 4.69) is 34.8 Å². The fourth-order valence-corrected chi connectivity index (χ4v) is 3.47. The van der Waals surface area contributed by atoms with Gasteiger partial charge in [-0.05, 0) is 36.2 Å². The maximum absolute atomic E-state index is 5.88. The first-order valence-corrected chi connectivity index (χ1v) is 9.45. The lowest BCUT2D eigenvalue weighted by Gasteiger charge is -2.30. The van der Waals surface area contributed by atoms with E-state index in [-0.39, 0.29) is 6.10 Å². The van der Waals surface area contributed by atoms with Crippen molar-refractivity contribution in [3.63, 3.8) is 0 Å². The summed E-state index contributed by atoms with van der Waals surface area (Å²) in [6.45, 7) is 5.01. The van der Waals surface area contributed by atoms with Gasteiger partial charge >= 0.3 is 0 Å². The van der Waals surface area contributed by atoms with Crippen molar-refractivity contribution in [2.24, 2.45) is 0 Å². The molecule has 1 fully saturated rings. The predicted octanol–water partition coefficient (Wildman–Crippen LogP) is 2.76. The lowest BCUT2D eigenvalue weighted by atomic mass is 10.2. The van der Waals surface area contributed by atoms with Crippen LogP contribution in [-0.4, -0.2) is 51.4 Å². The maximum Gasteiger partial charge on any atom is 0.161 e. The van der Waals surface area contributed by atoms with Crippen LogP contribution in [0, 0.1) is 0 Å². The molecule has 1 saturated heterocycles. The standard InChI is InChI=1S/C19H26N2O3S/c1-21-7-8-23-16(13-21)12-20-11-15-5-6-18(19(10-15)22-2)24-14-17-4-3-9-25-17/h3-6,9-10,16,20H,7-8,11-14H2,1-2H3/t16-/m0/s1. The number of hydrogen-bond acceptors (Lipinski definition) is 6. The molecule has 1 atom stereocenters. The Bertz CT molecular complexity index is 648. The van der Waals surface area contributed by atoms with Crippen LogP contribution in [0.3, 0.4) is 0 Å². The van der Waals surface area contributed by atoms with Crippen LogP contribution in [0.15, 0.2) is 35.7 Å². The second-order valence-corrected chi connectivity index (χ2v) is 7.27. The first-order chi connectivity index (χ1) is 12.2. The first kappa shape index (κ1) is 18.2. The van der Waals surface area contributed by atoms with E-state index in [0.717, 1.165) is 44.3 Å². The Morgan fingerprint density at radius 1 is 1.32 bits per heavy atom. The summed E-state index contributed by atoms with van der Waals surface area (Å²) in [5.41, 5.74) is 1.17. The quantitative estimate of drug-likeness (QED) is 0.782. The molecule has 0 amide bonds. The molecule has 0 aliphatic carbocycles. The number of rotatable bonds is 8. The number of nitrogens with one attached hydrogen (secondary N) is 1. The number of morpholine rings is 1. The maximum atomic E-state index is 5.88. The number of likely N-dealkylation sites (N-methyl/N-ethyl adjacent to an activating group) is 1. The van der Waals surface area contributed by atoms with Gasteiger partial charge in [0.25, 0.3) is 0 Å². The normalized spacial score (nSPS) is 18.2. The van der Waals surface area contributed by atoms with Gasteiger partial charge < -0.3 is 24.4 Å².